The van der Waals surface area contributed by atoms with Gasteiger partial charge in [-0.3, -0.25) is 0 Å². The minimum absolute atomic E-state index is 0.227. The lowest BCUT2D eigenvalue weighted by Crippen LogP contribution is -2.39. The summed E-state index contributed by atoms with van der Waals surface area (Å²) in [5.74, 6) is 1.56. The molecule has 17 heavy (non-hydrogen) atoms. The van der Waals surface area contributed by atoms with Crippen molar-refractivity contribution in [2.24, 2.45) is 9.98 Å². The number of aliphatic imine (C=N–C) groups is 2. The highest BCUT2D eigenvalue weighted by Gasteiger charge is 2.08. The monoisotopic (exact) mass is 241 g/mol. The van der Waals surface area contributed by atoms with Crippen LogP contribution in [0.25, 0.3) is 0 Å². The summed E-state index contributed by atoms with van der Waals surface area (Å²) in [6.45, 7) is 8.25. The maximum atomic E-state index is 4.56. The van der Waals surface area contributed by atoms with Gasteiger partial charge in [0, 0.05) is 40.3 Å². The number of hydrogen-bond donors (Lipinski definition) is 1. The van der Waals surface area contributed by atoms with Gasteiger partial charge in [-0.25, -0.2) is 4.99 Å². The lowest BCUT2D eigenvalue weighted by atomic mass is 10.4. The maximum Gasteiger partial charge on any atom is 0.221 e. The molecule has 5 nitrogen and oxygen atoms in total. The van der Waals surface area contributed by atoms with Gasteiger partial charge in [-0.1, -0.05) is 0 Å². The molecule has 0 aromatic rings. The van der Waals surface area contributed by atoms with Crippen LogP contribution < -0.4 is 5.32 Å². The number of guanidine groups is 2. The van der Waals surface area contributed by atoms with Crippen molar-refractivity contribution >= 4 is 11.9 Å². The summed E-state index contributed by atoms with van der Waals surface area (Å²) >= 11 is 0. The summed E-state index contributed by atoms with van der Waals surface area (Å²) in [5, 5.41) is 3.26. The van der Waals surface area contributed by atoms with Gasteiger partial charge in [0.25, 0.3) is 0 Å². The molecule has 0 unspecified atom stereocenters. The standard InChI is InChI=1S/C12H27N5/c1-9(2)13-11(14-10(3)4)15-12(16(5)6)17(7)8/h9-10H,1-8H3,(H,13,14). The van der Waals surface area contributed by atoms with E-state index in [0.29, 0.717) is 12.0 Å². The molecule has 0 bridgehead atoms. The van der Waals surface area contributed by atoms with E-state index in [1.807, 2.05) is 51.8 Å². The van der Waals surface area contributed by atoms with E-state index in [1.165, 1.54) is 0 Å². The fourth-order valence-electron chi connectivity index (χ4n) is 1.30. The Hall–Kier alpha value is -1.26. The van der Waals surface area contributed by atoms with Gasteiger partial charge in [-0.15, -0.1) is 0 Å². The maximum absolute atomic E-state index is 4.56. The zero-order valence-electron chi connectivity index (χ0n) is 12.4. The minimum Gasteiger partial charge on any atom is -0.352 e. The molecule has 0 aliphatic carbocycles. The molecule has 0 fully saturated rings. The summed E-state index contributed by atoms with van der Waals surface area (Å²) in [7, 11) is 7.89. The second-order valence-corrected chi connectivity index (χ2v) is 5.05. The first kappa shape index (κ1) is 15.7. The molecule has 1 N–H and O–H groups in total. The predicted molar refractivity (Wildman–Crippen MR) is 75.7 cm³/mol. The fourth-order valence-corrected chi connectivity index (χ4v) is 1.30. The molecule has 0 rings (SSSR count). The van der Waals surface area contributed by atoms with Crippen molar-refractivity contribution < 1.29 is 0 Å². The SMILES string of the molecule is CC(C)N=C(N=C(N(C)C)N(C)C)NC(C)C. The van der Waals surface area contributed by atoms with Crippen LogP contribution >= 0.6 is 0 Å². The third-order valence-electron chi connectivity index (χ3n) is 1.80. The van der Waals surface area contributed by atoms with Gasteiger partial charge in [-0.2, -0.15) is 4.99 Å². The average Bonchev–Trinajstić information content (AvgIpc) is 2.10. The lowest BCUT2D eigenvalue weighted by Gasteiger charge is -2.23. The second-order valence-electron chi connectivity index (χ2n) is 5.05. The van der Waals surface area contributed by atoms with Gasteiger partial charge in [0.2, 0.25) is 11.9 Å². The zero-order valence-corrected chi connectivity index (χ0v) is 12.4. The molecular weight excluding hydrogens is 214 g/mol. The molecule has 0 heterocycles. The third-order valence-corrected chi connectivity index (χ3v) is 1.80. The van der Waals surface area contributed by atoms with Crippen molar-refractivity contribution in [1.82, 2.24) is 15.1 Å². The molecule has 0 atom stereocenters. The first-order chi connectivity index (χ1) is 7.73. The van der Waals surface area contributed by atoms with Crippen LogP contribution in [0.15, 0.2) is 9.98 Å². The molecule has 100 valence electrons. The van der Waals surface area contributed by atoms with E-state index in [1.54, 1.807) is 0 Å². The minimum atomic E-state index is 0.227. The van der Waals surface area contributed by atoms with E-state index in [-0.39, 0.29) is 6.04 Å². The number of rotatable bonds is 2. The van der Waals surface area contributed by atoms with E-state index in [0.717, 1.165) is 5.96 Å². The molecular formula is C12H27N5. The Morgan fingerprint density at radius 3 is 1.71 bits per heavy atom. The van der Waals surface area contributed by atoms with Gasteiger partial charge in [-0.05, 0) is 27.7 Å². The topological polar surface area (TPSA) is 43.2 Å². The van der Waals surface area contributed by atoms with Crippen LogP contribution in [0.3, 0.4) is 0 Å². The Morgan fingerprint density at radius 1 is 0.941 bits per heavy atom. The number of nitrogens with one attached hydrogen (secondary N) is 1. The smallest absolute Gasteiger partial charge is 0.221 e. The van der Waals surface area contributed by atoms with Crippen molar-refractivity contribution in [1.29, 1.82) is 0 Å². The summed E-state index contributed by atoms with van der Waals surface area (Å²) in [5.41, 5.74) is 0. The highest BCUT2D eigenvalue weighted by atomic mass is 15.4. The van der Waals surface area contributed by atoms with Crippen LogP contribution in [0.4, 0.5) is 0 Å². The van der Waals surface area contributed by atoms with E-state index in [4.69, 9.17) is 0 Å². The van der Waals surface area contributed by atoms with Crippen molar-refractivity contribution in [3.8, 4) is 0 Å². The second kappa shape index (κ2) is 7.14. The zero-order chi connectivity index (χ0) is 13.6. The van der Waals surface area contributed by atoms with Crippen LogP contribution in [0.2, 0.25) is 0 Å². The summed E-state index contributed by atoms with van der Waals surface area (Å²) in [6, 6.07) is 0.549. The Labute approximate surface area is 106 Å². The van der Waals surface area contributed by atoms with Gasteiger partial charge >= 0.3 is 0 Å². The first-order valence-corrected chi connectivity index (χ1v) is 6.01. The summed E-state index contributed by atoms with van der Waals surface area (Å²) in [4.78, 5) is 13.0. The van der Waals surface area contributed by atoms with Gasteiger partial charge in [0.1, 0.15) is 0 Å². The van der Waals surface area contributed by atoms with E-state index in [9.17, 15) is 0 Å². The molecule has 5 heteroatoms. The predicted octanol–water partition coefficient (Wildman–Crippen LogP) is 1.23. The fraction of sp³-hybridized carbons (Fsp3) is 0.833. The molecule has 0 aliphatic heterocycles. The van der Waals surface area contributed by atoms with Crippen LogP contribution in [0.5, 0.6) is 0 Å². The van der Waals surface area contributed by atoms with Crippen LogP contribution in [0, 0.1) is 0 Å². The quantitative estimate of drug-likeness (QED) is 0.584. The lowest BCUT2D eigenvalue weighted by molar-refractivity contribution is 0.484. The highest BCUT2D eigenvalue weighted by molar-refractivity contribution is 5.94. The van der Waals surface area contributed by atoms with Gasteiger partial charge in [0.05, 0.1) is 0 Å². The van der Waals surface area contributed by atoms with Crippen molar-refractivity contribution in [2.75, 3.05) is 28.2 Å². The Kier molecular flexibility index (Phi) is 6.61. The van der Waals surface area contributed by atoms with E-state index < -0.39 is 0 Å². The number of nitrogens with zero attached hydrogens (tertiary/aromatic N) is 4. The van der Waals surface area contributed by atoms with Crippen LogP contribution in [-0.2, 0) is 0 Å². The third kappa shape index (κ3) is 6.81. The summed E-state index contributed by atoms with van der Waals surface area (Å²) in [6.07, 6.45) is 0. The van der Waals surface area contributed by atoms with Crippen molar-refractivity contribution in [2.45, 2.75) is 39.8 Å². The first-order valence-electron chi connectivity index (χ1n) is 6.01. The van der Waals surface area contributed by atoms with E-state index >= 15 is 0 Å². The molecule has 0 spiro atoms. The molecule has 0 aromatic heterocycles. The average molecular weight is 241 g/mol. The Balaban J connectivity index is 5.10. The Bertz CT molecular complexity index is 267. The van der Waals surface area contributed by atoms with Crippen molar-refractivity contribution in [3.05, 3.63) is 0 Å². The molecule has 0 aliphatic rings. The molecule has 0 saturated carbocycles. The van der Waals surface area contributed by atoms with Gasteiger partial charge in [0.15, 0.2) is 0 Å². The van der Waals surface area contributed by atoms with Crippen molar-refractivity contribution in [3.63, 3.8) is 0 Å². The van der Waals surface area contributed by atoms with Crippen LogP contribution in [0.1, 0.15) is 27.7 Å². The highest BCUT2D eigenvalue weighted by Crippen LogP contribution is 1.95. The van der Waals surface area contributed by atoms with E-state index in [2.05, 4.69) is 29.1 Å². The Morgan fingerprint density at radius 2 is 1.41 bits per heavy atom. The van der Waals surface area contributed by atoms with Gasteiger partial charge < -0.3 is 15.1 Å². The molecule has 0 aromatic carbocycles. The molecule has 0 radical (unpaired) electrons. The van der Waals surface area contributed by atoms with Crippen LogP contribution in [-0.4, -0.2) is 62.0 Å². The number of hydrogen-bond acceptors (Lipinski definition) is 1. The molecule has 0 amide bonds. The summed E-state index contributed by atoms with van der Waals surface area (Å²) < 4.78 is 0. The largest absolute Gasteiger partial charge is 0.352 e. The molecule has 0 saturated heterocycles. The normalized spacial score (nSPS) is 11.8.